The van der Waals surface area contributed by atoms with E-state index >= 15 is 0 Å². The number of aromatic nitrogens is 2. The average molecular weight is 516 g/mol. The zero-order valence-electron chi connectivity index (χ0n) is 20.3. The normalized spacial score (nSPS) is 12.6. The highest BCUT2D eigenvalue weighted by molar-refractivity contribution is 6.31. The number of halogens is 1. The second-order valence-electron chi connectivity index (χ2n) is 8.89. The number of aliphatic hydroxyl groups is 1. The molecule has 0 fully saturated rings. The lowest BCUT2D eigenvalue weighted by atomic mass is 9.96. The Kier molecular flexibility index (Phi) is 6.78. The maximum absolute atomic E-state index is 13.6. The van der Waals surface area contributed by atoms with Gasteiger partial charge in [0.05, 0.1) is 12.1 Å². The summed E-state index contributed by atoms with van der Waals surface area (Å²) in [5, 5.41) is 10.4. The lowest BCUT2D eigenvalue weighted by Crippen LogP contribution is -2.33. The van der Waals surface area contributed by atoms with Crippen molar-refractivity contribution in [2.24, 2.45) is 0 Å². The Labute approximate surface area is 219 Å². The third-order valence-electron chi connectivity index (χ3n) is 6.61. The first-order chi connectivity index (χ1) is 17.9. The second-order valence-corrected chi connectivity index (χ2v) is 9.33. The third-order valence-corrected chi connectivity index (χ3v) is 6.84. The Morgan fingerprint density at radius 1 is 1.05 bits per heavy atom. The van der Waals surface area contributed by atoms with E-state index in [1.54, 1.807) is 40.1 Å². The van der Waals surface area contributed by atoms with Gasteiger partial charge in [-0.3, -0.25) is 9.59 Å². The molecule has 4 aromatic rings. The smallest absolute Gasteiger partial charge is 0.273 e. The van der Waals surface area contributed by atoms with Crippen LogP contribution < -0.4 is 5.73 Å². The molecule has 8 nitrogen and oxygen atoms in total. The van der Waals surface area contributed by atoms with Gasteiger partial charge in [0.15, 0.2) is 0 Å². The van der Waals surface area contributed by atoms with E-state index in [0.717, 1.165) is 11.1 Å². The van der Waals surface area contributed by atoms with Gasteiger partial charge in [-0.05, 0) is 59.5 Å². The summed E-state index contributed by atoms with van der Waals surface area (Å²) in [4.78, 5) is 38.9. The van der Waals surface area contributed by atoms with Crippen LogP contribution in [-0.2, 0) is 13.1 Å². The number of likely N-dealkylation sites (N-methyl/N-ethyl adjacent to an activating group) is 1. The highest BCUT2D eigenvalue weighted by Crippen LogP contribution is 2.32. The third kappa shape index (κ3) is 4.73. The molecule has 37 heavy (non-hydrogen) atoms. The van der Waals surface area contributed by atoms with Crippen molar-refractivity contribution >= 4 is 40.3 Å². The molecular formula is C28H26ClN5O3. The molecule has 3 N–H and O–H groups in total. The van der Waals surface area contributed by atoms with Crippen molar-refractivity contribution in [3.8, 4) is 11.1 Å². The highest BCUT2D eigenvalue weighted by atomic mass is 35.5. The van der Waals surface area contributed by atoms with Crippen LogP contribution in [-0.4, -0.2) is 56.4 Å². The van der Waals surface area contributed by atoms with E-state index in [-0.39, 0.29) is 36.6 Å². The number of fused-ring (bicyclic) bond motifs is 2. The molecule has 0 radical (unpaired) electrons. The van der Waals surface area contributed by atoms with Crippen LogP contribution in [0.15, 0.2) is 60.7 Å². The number of aliphatic hydroxyl groups excluding tert-OH is 1. The summed E-state index contributed by atoms with van der Waals surface area (Å²) < 4.78 is 0. The van der Waals surface area contributed by atoms with Crippen molar-refractivity contribution in [1.82, 2.24) is 19.8 Å². The molecule has 2 amide bonds. The molecule has 0 unspecified atom stereocenters. The number of nitrogens with two attached hydrogens (primary N) is 1. The van der Waals surface area contributed by atoms with Crippen molar-refractivity contribution in [3.63, 3.8) is 0 Å². The quantitative estimate of drug-likeness (QED) is 0.399. The van der Waals surface area contributed by atoms with Crippen molar-refractivity contribution in [3.05, 3.63) is 88.1 Å². The summed E-state index contributed by atoms with van der Waals surface area (Å²) in [5.74, 6) is -0.445. The van der Waals surface area contributed by atoms with Gasteiger partial charge >= 0.3 is 0 Å². The molecule has 0 atom stereocenters. The second kappa shape index (κ2) is 10.2. The van der Waals surface area contributed by atoms with Gasteiger partial charge in [-0.25, -0.2) is 9.97 Å². The van der Waals surface area contributed by atoms with Crippen LogP contribution in [0.5, 0.6) is 0 Å². The molecule has 0 aliphatic carbocycles. The van der Waals surface area contributed by atoms with Crippen LogP contribution >= 0.6 is 11.6 Å². The van der Waals surface area contributed by atoms with Crippen molar-refractivity contribution in [2.75, 3.05) is 25.4 Å². The molecule has 1 aliphatic heterocycles. The summed E-state index contributed by atoms with van der Waals surface area (Å²) in [6, 6.07) is 18.4. The number of carbonyl (C=O) groups excluding carboxylic acids is 2. The Morgan fingerprint density at radius 2 is 1.78 bits per heavy atom. The molecule has 9 heteroatoms. The SMILES string of the molecule is CCN(CCO)C(=O)c1ccc(Cl)cc1-c1ccc2nc(N)nc(C(=O)N3Cc4ccccc4C3)c2c1. The molecule has 2 heterocycles. The number of rotatable bonds is 6. The first-order valence-electron chi connectivity index (χ1n) is 12.0. The number of hydrogen-bond acceptors (Lipinski definition) is 6. The van der Waals surface area contributed by atoms with E-state index < -0.39 is 0 Å². The van der Waals surface area contributed by atoms with E-state index in [0.29, 0.717) is 52.3 Å². The summed E-state index contributed by atoms with van der Waals surface area (Å²) in [6.45, 7) is 3.37. The van der Waals surface area contributed by atoms with Gasteiger partial charge < -0.3 is 20.6 Å². The van der Waals surface area contributed by atoms with Gasteiger partial charge in [-0.15, -0.1) is 0 Å². The molecule has 1 aliphatic rings. The molecule has 0 bridgehead atoms. The van der Waals surface area contributed by atoms with Crippen LogP contribution in [0.4, 0.5) is 5.95 Å². The predicted octanol–water partition coefficient (Wildman–Crippen LogP) is 4.14. The van der Waals surface area contributed by atoms with E-state index in [9.17, 15) is 14.7 Å². The molecule has 1 aromatic heterocycles. The van der Waals surface area contributed by atoms with Crippen LogP contribution in [0.2, 0.25) is 5.02 Å². The molecule has 188 valence electrons. The van der Waals surface area contributed by atoms with Crippen molar-refractivity contribution < 1.29 is 14.7 Å². The Bertz CT molecular complexity index is 1500. The number of nitrogen functional groups attached to an aromatic ring is 1. The Balaban J connectivity index is 1.59. The van der Waals surface area contributed by atoms with E-state index in [1.807, 2.05) is 37.3 Å². The lowest BCUT2D eigenvalue weighted by Gasteiger charge is -2.22. The fraction of sp³-hybridized carbons (Fsp3) is 0.214. The van der Waals surface area contributed by atoms with E-state index in [4.69, 9.17) is 17.3 Å². The Morgan fingerprint density at radius 3 is 2.46 bits per heavy atom. The van der Waals surface area contributed by atoms with Gasteiger partial charge in [0.25, 0.3) is 11.8 Å². The van der Waals surface area contributed by atoms with Crippen LogP contribution in [0.3, 0.4) is 0 Å². The van der Waals surface area contributed by atoms with Gasteiger partial charge in [0.1, 0.15) is 5.69 Å². The van der Waals surface area contributed by atoms with Crippen LogP contribution in [0, 0.1) is 0 Å². The Hall–Kier alpha value is -4.01. The number of nitrogens with zero attached hydrogens (tertiary/aromatic N) is 4. The van der Waals surface area contributed by atoms with Crippen molar-refractivity contribution in [2.45, 2.75) is 20.0 Å². The fourth-order valence-corrected chi connectivity index (χ4v) is 4.91. The first kappa shape index (κ1) is 24.7. The first-order valence-corrected chi connectivity index (χ1v) is 12.4. The van der Waals surface area contributed by atoms with Gasteiger partial charge in [-0.1, -0.05) is 41.9 Å². The maximum Gasteiger partial charge on any atom is 0.273 e. The van der Waals surface area contributed by atoms with Gasteiger partial charge in [0, 0.05) is 42.2 Å². The molecular weight excluding hydrogens is 490 g/mol. The number of benzene rings is 3. The largest absolute Gasteiger partial charge is 0.395 e. The monoisotopic (exact) mass is 515 g/mol. The topological polar surface area (TPSA) is 113 Å². The molecule has 0 saturated heterocycles. The minimum Gasteiger partial charge on any atom is -0.395 e. The predicted molar refractivity (Wildman–Crippen MR) is 143 cm³/mol. The summed E-state index contributed by atoms with van der Waals surface area (Å²) >= 11 is 6.33. The van der Waals surface area contributed by atoms with Crippen LogP contribution in [0.1, 0.15) is 38.9 Å². The number of hydrogen-bond donors (Lipinski definition) is 2. The summed E-state index contributed by atoms with van der Waals surface area (Å²) in [7, 11) is 0. The average Bonchev–Trinajstić information content (AvgIpc) is 3.34. The molecule has 5 rings (SSSR count). The van der Waals surface area contributed by atoms with Crippen molar-refractivity contribution in [1.29, 1.82) is 0 Å². The molecule has 0 spiro atoms. The molecule has 3 aromatic carbocycles. The van der Waals surface area contributed by atoms with Crippen LogP contribution in [0.25, 0.3) is 22.0 Å². The minimum atomic E-state index is -0.241. The standard InChI is InChI=1S/C28H26ClN5O3/c1-2-33(11-12-35)26(36)21-9-8-20(29)14-22(21)17-7-10-24-23(13-17)25(32-28(30)31-24)27(37)34-15-18-5-3-4-6-19(18)16-34/h3-10,13-14,35H,2,11-12,15-16H2,1H3,(H2,30,31,32). The zero-order chi connectivity index (χ0) is 26.1. The summed E-state index contributed by atoms with van der Waals surface area (Å²) in [6.07, 6.45) is 0. The van der Waals surface area contributed by atoms with Gasteiger partial charge in [0.2, 0.25) is 5.95 Å². The molecule has 0 saturated carbocycles. The minimum absolute atomic E-state index is 0.0153. The fourth-order valence-electron chi connectivity index (χ4n) is 4.74. The lowest BCUT2D eigenvalue weighted by molar-refractivity contribution is 0.0730. The van der Waals surface area contributed by atoms with E-state index in [2.05, 4.69) is 9.97 Å². The van der Waals surface area contributed by atoms with E-state index in [1.165, 1.54) is 0 Å². The number of carbonyl (C=O) groups is 2. The number of amides is 2. The maximum atomic E-state index is 13.6. The highest BCUT2D eigenvalue weighted by Gasteiger charge is 2.27. The van der Waals surface area contributed by atoms with Gasteiger partial charge in [-0.2, -0.15) is 0 Å². The summed E-state index contributed by atoms with van der Waals surface area (Å²) in [5.41, 5.74) is 10.7. The number of anilines is 1. The zero-order valence-corrected chi connectivity index (χ0v) is 21.1.